The van der Waals surface area contributed by atoms with Crippen LogP contribution in [0.25, 0.3) is 0 Å². The van der Waals surface area contributed by atoms with Crippen molar-refractivity contribution in [2.45, 2.75) is 25.3 Å². The maximum Gasteiger partial charge on any atom is 0.310 e. The second-order valence-corrected chi connectivity index (χ2v) is 2.98. The zero-order chi connectivity index (χ0) is 7.78. The monoisotopic (exact) mass is 143 g/mol. The van der Waals surface area contributed by atoms with Crippen molar-refractivity contribution in [1.29, 1.82) is 0 Å². The van der Waals surface area contributed by atoms with Gasteiger partial charge in [-0.25, -0.2) is 0 Å². The van der Waals surface area contributed by atoms with E-state index in [2.05, 4.69) is 4.74 Å². The minimum Gasteiger partial charge on any atom is -0.469 e. The third-order valence-electron chi connectivity index (χ3n) is 2.24. The summed E-state index contributed by atoms with van der Waals surface area (Å²) in [7, 11) is 1.39. The number of methoxy groups -OCH3 is 1. The number of hydrogen-bond donors (Lipinski definition) is 1. The van der Waals surface area contributed by atoms with Gasteiger partial charge in [-0.2, -0.15) is 0 Å². The summed E-state index contributed by atoms with van der Waals surface area (Å²) in [6.45, 7) is 1.82. The van der Waals surface area contributed by atoms with Crippen LogP contribution < -0.4 is 5.73 Å². The molecule has 0 spiro atoms. The van der Waals surface area contributed by atoms with Crippen molar-refractivity contribution in [3.63, 3.8) is 0 Å². The Labute approximate surface area is 60.5 Å². The molecule has 1 rings (SSSR count). The van der Waals surface area contributed by atoms with E-state index in [1.807, 2.05) is 6.92 Å². The molecule has 1 aliphatic carbocycles. The predicted molar refractivity (Wildman–Crippen MR) is 37.3 cm³/mol. The average molecular weight is 143 g/mol. The summed E-state index contributed by atoms with van der Waals surface area (Å²) in [6, 6.07) is 0. The smallest absolute Gasteiger partial charge is 0.310 e. The Morgan fingerprint density at radius 2 is 2.20 bits per heavy atom. The number of esters is 1. The van der Waals surface area contributed by atoms with Crippen LogP contribution in [-0.2, 0) is 9.53 Å². The topological polar surface area (TPSA) is 52.3 Å². The van der Waals surface area contributed by atoms with Crippen molar-refractivity contribution in [2.24, 2.45) is 11.7 Å². The van der Waals surface area contributed by atoms with Gasteiger partial charge < -0.3 is 10.5 Å². The summed E-state index contributed by atoms with van der Waals surface area (Å²) >= 11 is 0. The van der Waals surface area contributed by atoms with Gasteiger partial charge in [0.05, 0.1) is 13.0 Å². The van der Waals surface area contributed by atoms with Crippen molar-refractivity contribution >= 4 is 5.97 Å². The Bertz CT molecular complexity index is 152. The third kappa shape index (κ3) is 1.14. The molecule has 10 heavy (non-hydrogen) atoms. The maximum absolute atomic E-state index is 10.9. The highest BCUT2D eigenvalue weighted by atomic mass is 16.5. The maximum atomic E-state index is 10.9. The third-order valence-corrected chi connectivity index (χ3v) is 2.24. The lowest BCUT2D eigenvalue weighted by Crippen LogP contribution is -2.36. The first-order valence-electron chi connectivity index (χ1n) is 3.47. The Hall–Kier alpha value is -0.570. The zero-order valence-corrected chi connectivity index (χ0v) is 6.39. The molecule has 1 atom stereocenters. The molecule has 1 unspecified atom stereocenters. The van der Waals surface area contributed by atoms with E-state index in [-0.39, 0.29) is 17.4 Å². The van der Waals surface area contributed by atoms with Crippen LogP contribution >= 0.6 is 0 Å². The number of carbonyl (C=O) groups excluding carboxylic acids is 1. The van der Waals surface area contributed by atoms with Gasteiger partial charge in [0.15, 0.2) is 0 Å². The normalized spacial score (nSPS) is 23.5. The second-order valence-electron chi connectivity index (χ2n) is 2.98. The highest BCUT2D eigenvalue weighted by Crippen LogP contribution is 2.39. The van der Waals surface area contributed by atoms with Crippen LogP contribution in [-0.4, -0.2) is 18.6 Å². The Morgan fingerprint density at radius 1 is 1.70 bits per heavy atom. The second kappa shape index (κ2) is 2.23. The fourth-order valence-electron chi connectivity index (χ4n) is 0.989. The van der Waals surface area contributed by atoms with Crippen molar-refractivity contribution in [3.8, 4) is 0 Å². The molecule has 0 heterocycles. The molecule has 3 nitrogen and oxygen atoms in total. The van der Waals surface area contributed by atoms with Crippen LogP contribution in [0.4, 0.5) is 0 Å². The van der Waals surface area contributed by atoms with E-state index >= 15 is 0 Å². The molecule has 0 aliphatic heterocycles. The first-order chi connectivity index (χ1) is 4.60. The quantitative estimate of drug-likeness (QED) is 0.565. The summed E-state index contributed by atoms with van der Waals surface area (Å²) < 4.78 is 4.56. The Balaban J connectivity index is 2.48. The van der Waals surface area contributed by atoms with Gasteiger partial charge in [0.2, 0.25) is 0 Å². The molecule has 0 aromatic heterocycles. The minimum atomic E-state index is -0.243. The first-order valence-corrected chi connectivity index (χ1v) is 3.47. The van der Waals surface area contributed by atoms with Crippen LogP contribution in [0, 0.1) is 5.92 Å². The van der Waals surface area contributed by atoms with Gasteiger partial charge in [-0.15, -0.1) is 0 Å². The van der Waals surface area contributed by atoms with Gasteiger partial charge in [0.25, 0.3) is 0 Å². The van der Waals surface area contributed by atoms with Gasteiger partial charge in [0.1, 0.15) is 0 Å². The molecule has 0 radical (unpaired) electrons. The zero-order valence-electron chi connectivity index (χ0n) is 6.39. The fraction of sp³-hybridized carbons (Fsp3) is 0.857. The number of ether oxygens (including phenoxy) is 1. The molecule has 0 bridgehead atoms. The van der Waals surface area contributed by atoms with Crippen molar-refractivity contribution in [3.05, 3.63) is 0 Å². The lowest BCUT2D eigenvalue weighted by molar-refractivity contribution is -0.145. The van der Waals surface area contributed by atoms with E-state index in [1.54, 1.807) is 0 Å². The lowest BCUT2D eigenvalue weighted by Gasteiger charge is -2.15. The number of rotatable bonds is 2. The largest absolute Gasteiger partial charge is 0.469 e. The highest BCUT2D eigenvalue weighted by molar-refractivity contribution is 5.74. The molecular formula is C7H13NO2. The van der Waals surface area contributed by atoms with E-state index in [0.29, 0.717) is 0 Å². The molecule has 1 fully saturated rings. The molecule has 1 saturated carbocycles. The standard InChI is InChI=1S/C7H13NO2/c1-5(6(9)10-2)7(8)3-4-7/h5H,3-4,8H2,1-2H3. The van der Waals surface area contributed by atoms with E-state index < -0.39 is 0 Å². The average Bonchev–Trinajstić information content (AvgIpc) is 2.66. The van der Waals surface area contributed by atoms with E-state index in [0.717, 1.165) is 12.8 Å². The molecule has 0 amide bonds. The summed E-state index contributed by atoms with van der Waals surface area (Å²) in [4.78, 5) is 10.9. The predicted octanol–water partition coefficient (Wildman–Crippen LogP) is 0.287. The molecular weight excluding hydrogens is 130 g/mol. The SMILES string of the molecule is COC(=O)C(C)C1(N)CC1. The van der Waals surface area contributed by atoms with Crippen molar-refractivity contribution in [1.82, 2.24) is 0 Å². The van der Waals surface area contributed by atoms with Gasteiger partial charge in [-0.1, -0.05) is 6.92 Å². The molecule has 0 saturated heterocycles. The molecule has 1 aliphatic rings. The van der Waals surface area contributed by atoms with Gasteiger partial charge >= 0.3 is 5.97 Å². The van der Waals surface area contributed by atoms with Gasteiger partial charge in [-0.3, -0.25) is 4.79 Å². The summed E-state index contributed by atoms with van der Waals surface area (Å²) in [6.07, 6.45) is 1.90. The number of carbonyl (C=O) groups is 1. The number of hydrogen-bond acceptors (Lipinski definition) is 3. The Kier molecular flexibility index (Phi) is 1.68. The first kappa shape index (κ1) is 7.54. The van der Waals surface area contributed by atoms with Crippen molar-refractivity contribution < 1.29 is 9.53 Å². The summed E-state index contributed by atoms with van der Waals surface area (Å²) in [5.41, 5.74) is 5.52. The van der Waals surface area contributed by atoms with Crippen LogP contribution in [0.1, 0.15) is 19.8 Å². The summed E-state index contributed by atoms with van der Waals surface area (Å²) in [5.74, 6) is -0.336. The lowest BCUT2D eigenvalue weighted by atomic mass is 10.0. The molecule has 0 aromatic carbocycles. The fourth-order valence-corrected chi connectivity index (χ4v) is 0.989. The minimum absolute atomic E-state index is 0.141. The van der Waals surface area contributed by atoms with Crippen LogP contribution in [0.2, 0.25) is 0 Å². The van der Waals surface area contributed by atoms with Crippen LogP contribution in [0.5, 0.6) is 0 Å². The van der Waals surface area contributed by atoms with E-state index in [1.165, 1.54) is 7.11 Å². The van der Waals surface area contributed by atoms with Crippen LogP contribution in [0.15, 0.2) is 0 Å². The number of nitrogens with two attached hydrogens (primary N) is 1. The van der Waals surface area contributed by atoms with Gasteiger partial charge in [0, 0.05) is 5.54 Å². The molecule has 2 N–H and O–H groups in total. The van der Waals surface area contributed by atoms with E-state index in [4.69, 9.17) is 5.73 Å². The molecule has 0 aromatic rings. The van der Waals surface area contributed by atoms with Gasteiger partial charge in [-0.05, 0) is 12.8 Å². The van der Waals surface area contributed by atoms with Crippen LogP contribution in [0.3, 0.4) is 0 Å². The summed E-state index contributed by atoms with van der Waals surface area (Å²) in [5, 5.41) is 0. The van der Waals surface area contributed by atoms with E-state index in [9.17, 15) is 4.79 Å². The highest BCUT2D eigenvalue weighted by Gasteiger charge is 2.47. The van der Waals surface area contributed by atoms with Crippen molar-refractivity contribution in [2.75, 3.05) is 7.11 Å². The molecule has 3 heteroatoms. The Morgan fingerprint density at radius 3 is 2.50 bits per heavy atom. The molecule has 58 valence electrons.